The molecular weight excluding hydrogens is 410 g/mol. The Labute approximate surface area is 170 Å². The highest BCUT2D eigenvalue weighted by Gasteiger charge is 2.36. The van der Waals surface area contributed by atoms with Gasteiger partial charge in [-0.1, -0.05) is 23.2 Å². The summed E-state index contributed by atoms with van der Waals surface area (Å²) >= 11 is 11.5. The highest BCUT2D eigenvalue weighted by atomic mass is 35.5. The molecule has 6 nitrogen and oxygen atoms in total. The highest BCUT2D eigenvalue weighted by molar-refractivity contribution is 6.31. The van der Waals surface area contributed by atoms with Crippen LogP contribution in [0.5, 0.6) is 0 Å². The maximum Gasteiger partial charge on any atom is 0.311 e. The van der Waals surface area contributed by atoms with Crippen molar-refractivity contribution in [3.05, 3.63) is 58.3 Å². The van der Waals surface area contributed by atoms with Crippen LogP contribution in [0.15, 0.2) is 42.5 Å². The number of esters is 1. The van der Waals surface area contributed by atoms with E-state index in [0.717, 1.165) is 6.07 Å². The molecule has 28 heavy (non-hydrogen) atoms. The van der Waals surface area contributed by atoms with Gasteiger partial charge in [0.15, 0.2) is 6.61 Å². The number of ether oxygens (including phenoxy) is 1. The first kappa shape index (κ1) is 20.1. The fourth-order valence-corrected chi connectivity index (χ4v) is 3.07. The molecule has 9 heteroatoms. The molecule has 3 rings (SSSR count). The van der Waals surface area contributed by atoms with Gasteiger partial charge in [0.1, 0.15) is 5.82 Å². The van der Waals surface area contributed by atoms with Gasteiger partial charge in [0.05, 0.1) is 10.9 Å². The van der Waals surface area contributed by atoms with E-state index in [-0.39, 0.29) is 29.6 Å². The van der Waals surface area contributed by atoms with E-state index < -0.39 is 30.2 Å². The van der Waals surface area contributed by atoms with Gasteiger partial charge in [-0.05, 0) is 42.5 Å². The molecule has 0 spiro atoms. The molecule has 1 saturated heterocycles. The van der Waals surface area contributed by atoms with Gasteiger partial charge in [-0.15, -0.1) is 0 Å². The van der Waals surface area contributed by atoms with Gasteiger partial charge in [0, 0.05) is 29.4 Å². The lowest BCUT2D eigenvalue weighted by atomic mass is 10.1. The zero-order chi connectivity index (χ0) is 20.3. The molecule has 1 aliphatic rings. The second kappa shape index (κ2) is 8.58. The summed E-state index contributed by atoms with van der Waals surface area (Å²) in [5, 5.41) is 2.85. The van der Waals surface area contributed by atoms with Crippen molar-refractivity contribution in [3.8, 4) is 0 Å². The summed E-state index contributed by atoms with van der Waals surface area (Å²) in [7, 11) is 0. The number of nitrogens with zero attached hydrogens (tertiary/aromatic N) is 1. The molecule has 0 aliphatic carbocycles. The van der Waals surface area contributed by atoms with Crippen molar-refractivity contribution < 1.29 is 23.5 Å². The van der Waals surface area contributed by atoms with E-state index in [4.69, 9.17) is 27.9 Å². The van der Waals surface area contributed by atoms with Crippen LogP contribution in [0.2, 0.25) is 10.0 Å². The number of nitrogens with one attached hydrogen (secondary N) is 1. The Morgan fingerprint density at radius 2 is 1.89 bits per heavy atom. The normalized spacial score (nSPS) is 16.2. The zero-order valence-corrected chi connectivity index (χ0v) is 16.0. The Kier molecular flexibility index (Phi) is 6.16. The van der Waals surface area contributed by atoms with Crippen LogP contribution < -0.4 is 10.2 Å². The molecule has 0 aromatic heterocycles. The number of rotatable bonds is 5. The lowest BCUT2D eigenvalue weighted by Crippen LogP contribution is -2.28. The quantitative estimate of drug-likeness (QED) is 0.742. The van der Waals surface area contributed by atoms with Crippen LogP contribution in [0.1, 0.15) is 6.42 Å². The Morgan fingerprint density at radius 1 is 1.18 bits per heavy atom. The maximum absolute atomic E-state index is 13.1. The van der Waals surface area contributed by atoms with Crippen LogP contribution in [0.25, 0.3) is 0 Å². The van der Waals surface area contributed by atoms with Crippen LogP contribution in [0, 0.1) is 11.7 Å². The molecule has 1 atom stereocenters. The van der Waals surface area contributed by atoms with Gasteiger partial charge in [-0.2, -0.15) is 0 Å². The summed E-state index contributed by atoms with van der Waals surface area (Å²) < 4.78 is 18.1. The van der Waals surface area contributed by atoms with Gasteiger partial charge in [0.25, 0.3) is 5.91 Å². The van der Waals surface area contributed by atoms with Gasteiger partial charge in [0.2, 0.25) is 5.91 Å². The zero-order valence-electron chi connectivity index (χ0n) is 14.5. The number of carbonyl (C=O) groups is 3. The summed E-state index contributed by atoms with van der Waals surface area (Å²) in [6.07, 6.45) is -0.00332. The van der Waals surface area contributed by atoms with Crippen molar-refractivity contribution in [3.63, 3.8) is 0 Å². The molecule has 1 N–H and O–H groups in total. The van der Waals surface area contributed by atoms with Crippen molar-refractivity contribution >= 4 is 52.4 Å². The Hall–Kier alpha value is -2.64. The van der Waals surface area contributed by atoms with E-state index in [2.05, 4.69) is 5.32 Å². The fourth-order valence-electron chi connectivity index (χ4n) is 2.76. The van der Waals surface area contributed by atoms with E-state index in [9.17, 15) is 18.8 Å². The van der Waals surface area contributed by atoms with Crippen LogP contribution in [-0.2, 0) is 19.1 Å². The van der Waals surface area contributed by atoms with Crippen LogP contribution in [0.3, 0.4) is 0 Å². The van der Waals surface area contributed by atoms with Crippen molar-refractivity contribution in [2.45, 2.75) is 6.42 Å². The molecule has 0 saturated carbocycles. The predicted molar refractivity (Wildman–Crippen MR) is 103 cm³/mol. The molecule has 0 bridgehead atoms. The minimum absolute atomic E-state index is 0.00332. The fraction of sp³-hybridized carbons (Fsp3) is 0.211. The number of anilines is 2. The lowest BCUT2D eigenvalue weighted by Gasteiger charge is -2.16. The number of halogens is 3. The second-order valence-electron chi connectivity index (χ2n) is 6.17. The average molecular weight is 425 g/mol. The summed E-state index contributed by atoms with van der Waals surface area (Å²) in [5.74, 6) is -2.74. The maximum atomic E-state index is 13.1. The first-order valence-electron chi connectivity index (χ1n) is 8.31. The van der Waals surface area contributed by atoms with Gasteiger partial charge >= 0.3 is 5.97 Å². The smallest absolute Gasteiger partial charge is 0.311 e. The standard InChI is InChI=1S/C19H15Cl2FN2O4/c20-12-1-4-14(5-2-12)24-9-11(7-18(24)26)19(27)28-10-17(25)23-13-3-6-16(22)15(21)8-13/h1-6,8,11H,7,9-10H2,(H,23,25)/t11-/m1/s1. The van der Waals surface area contributed by atoms with Crippen molar-refractivity contribution in [2.24, 2.45) is 5.92 Å². The molecule has 0 unspecified atom stereocenters. The number of carbonyl (C=O) groups excluding carboxylic acids is 3. The third-order valence-electron chi connectivity index (χ3n) is 4.15. The molecule has 2 aromatic rings. The first-order valence-corrected chi connectivity index (χ1v) is 9.06. The van der Waals surface area contributed by atoms with E-state index in [1.54, 1.807) is 24.3 Å². The highest BCUT2D eigenvalue weighted by Crippen LogP contribution is 2.27. The molecule has 1 heterocycles. The number of amides is 2. The summed E-state index contributed by atoms with van der Waals surface area (Å²) in [5.41, 5.74) is 0.910. The molecule has 146 valence electrons. The van der Waals surface area contributed by atoms with Crippen molar-refractivity contribution in [1.29, 1.82) is 0 Å². The number of benzene rings is 2. The summed E-state index contributed by atoms with van der Waals surface area (Å²) in [6, 6.07) is 10.4. The first-order chi connectivity index (χ1) is 13.3. The molecule has 1 fully saturated rings. The Bertz CT molecular complexity index is 921. The third-order valence-corrected chi connectivity index (χ3v) is 4.69. The number of hydrogen-bond donors (Lipinski definition) is 1. The Balaban J connectivity index is 1.52. The predicted octanol–water partition coefficient (Wildman–Crippen LogP) is 3.67. The molecular formula is C19H15Cl2FN2O4. The van der Waals surface area contributed by atoms with E-state index in [1.165, 1.54) is 17.0 Å². The monoisotopic (exact) mass is 424 g/mol. The van der Waals surface area contributed by atoms with Crippen molar-refractivity contribution in [1.82, 2.24) is 0 Å². The van der Waals surface area contributed by atoms with Crippen molar-refractivity contribution in [2.75, 3.05) is 23.4 Å². The molecule has 1 aliphatic heterocycles. The summed E-state index contributed by atoms with van der Waals surface area (Å²) in [6.45, 7) is -0.367. The van der Waals surface area contributed by atoms with Crippen LogP contribution in [0.4, 0.5) is 15.8 Å². The SMILES string of the molecule is O=C(COC(=O)[C@@H]1CC(=O)N(c2ccc(Cl)cc2)C1)Nc1ccc(F)c(Cl)c1. The van der Waals surface area contributed by atoms with Crippen LogP contribution >= 0.6 is 23.2 Å². The van der Waals surface area contributed by atoms with E-state index in [1.807, 2.05) is 0 Å². The Morgan fingerprint density at radius 3 is 2.57 bits per heavy atom. The minimum atomic E-state index is -0.670. The van der Waals surface area contributed by atoms with E-state index >= 15 is 0 Å². The second-order valence-corrected chi connectivity index (χ2v) is 7.01. The molecule has 2 aromatic carbocycles. The summed E-state index contributed by atoms with van der Waals surface area (Å²) in [4.78, 5) is 37.8. The van der Waals surface area contributed by atoms with Crippen LogP contribution in [-0.4, -0.2) is 30.9 Å². The lowest BCUT2D eigenvalue weighted by molar-refractivity contribution is -0.151. The van der Waals surface area contributed by atoms with Gasteiger partial charge in [-0.25, -0.2) is 4.39 Å². The van der Waals surface area contributed by atoms with Gasteiger partial charge in [-0.3, -0.25) is 14.4 Å². The molecule has 2 amide bonds. The third kappa shape index (κ3) is 4.79. The average Bonchev–Trinajstić information content (AvgIpc) is 3.05. The molecule has 0 radical (unpaired) electrons. The minimum Gasteiger partial charge on any atom is -0.455 e. The topological polar surface area (TPSA) is 75.7 Å². The largest absolute Gasteiger partial charge is 0.455 e. The number of hydrogen-bond acceptors (Lipinski definition) is 4. The van der Waals surface area contributed by atoms with E-state index in [0.29, 0.717) is 10.7 Å². The van der Waals surface area contributed by atoms with Gasteiger partial charge < -0.3 is 15.0 Å².